The van der Waals surface area contributed by atoms with Crippen molar-refractivity contribution in [3.63, 3.8) is 0 Å². The molecule has 0 fully saturated rings. The third-order valence-electron chi connectivity index (χ3n) is 2.51. The maximum Gasteiger partial charge on any atom is 0.328 e. The summed E-state index contributed by atoms with van der Waals surface area (Å²) in [4.78, 5) is 22.9. The van der Waals surface area contributed by atoms with Gasteiger partial charge < -0.3 is 25.2 Å². The van der Waals surface area contributed by atoms with E-state index in [0.29, 0.717) is 6.61 Å². The van der Waals surface area contributed by atoms with E-state index >= 15 is 0 Å². The SMILES string of the molecule is C=CCOCC(O)CN[C@@H](C)C(=O)N[C@@H](C)C(=O)OC. The van der Waals surface area contributed by atoms with E-state index in [1.165, 1.54) is 14.0 Å². The highest BCUT2D eigenvalue weighted by Gasteiger charge is 2.20. The third kappa shape index (κ3) is 7.88. The molecule has 0 spiro atoms. The Kier molecular flexibility index (Phi) is 9.61. The number of carbonyl (C=O) groups is 2. The van der Waals surface area contributed by atoms with Crippen molar-refractivity contribution < 1.29 is 24.2 Å². The lowest BCUT2D eigenvalue weighted by molar-refractivity contribution is -0.144. The van der Waals surface area contributed by atoms with Gasteiger partial charge in [0.1, 0.15) is 6.04 Å². The minimum Gasteiger partial charge on any atom is -0.467 e. The van der Waals surface area contributed by atoms with Gasteiger partial charge in [-0.15, -0.1) is 6.58 Å². The number of nitrogens with one attached hydrogen (secondary N) is 2. The van der Waals surface area contributed by atoms with Crippen LogP contribution in [0.3, 0.4) is 0 Å². The Labute approximate surface area is 119 Å². The van der Waals surface area contributed by atoms with Gasteiger partial charge in [-0.05, 0) is 13.8 Å². The molecule has 0 heterocycles. The first kappa shape index (κ1) is 18.6. The molecule has 0 aliphatic heterocycles. The standard InChI is InChI=1S/C13H24N2O5/c1-5-6-20-8-11(16)7-14-9(2)12(17)15-10(3)13(18)19-4/h5,9-11,14,16H,1,6-8H2,2-4H3,(H,15,17)/t9-,10-,11?/m0/s1. The Balaban J connectivity index is 3.95. The number of aliphatic hydroxyl groups excluding tert-OH is 1. The van der Waals surface area contributed by atoms with Crippen molar-refractivity contribution in [1.29, 1.82) is 0 Å². The Morgan fingerprint density at radius 3 is 2.55 bits per heavy atom. The van der Waals surface area contributed by atoms with Crippen molar-refractivity contribution in [2.45, 2.75) is 32.0 Å². The summed E-state index contributed by atoms with van der Waals surface area (Å²) in [6.07, 6.45) is 0.868. The number of hydrogen-bond donors (Lipinski definition) is 3. The Morgan fingerprint density at radius 1 is 1.35 bits per heavy atom. The van der Waals surface area contributed by atoms with E-state index in [4.69, 9.17) is 4.74 Å². The van der Waals surface area contributed by atoms with Crippen LogP contribution < -0.4 is 10.6 Å². The monoisotopic (exact) mass is 288 g/mol. The van der Waals surface area contributed by atoms with Gasteiger partial charge in [0.25, 0.3) is 0 Å². The predicted octanol–water partition coefficient (Wildman–Crippen LogP) is -0.794. The van der Waals surface area contributed by atoms with E-state index in [9.17, 15) is 14.7 Å². The van der Waals surface area contributed by atoms with Crippen molar-refractivity contribution >= 4 is 11.9 Å². The maximum atomic E-state index is 11.7. The van der Waals surface area contributed by atoms with Crippen LogP contribution in [0, 0.1) is 0 Å². The lowest BCUT2D eigenvalue weighted by Crippen LogP contribution is -2.49. The molecule has 116 valence electrons. The summed E-state index contributed by atoms with van der Waals surface area (Å²) in [7, 11) is 1.26. The molecular weight excluding hydrogens is 264 g/mol. The van der Waals surface area contributed by atoms with E-state index in [-0.39, 0.29) is 19.1 Å². The molecule has 1 amide bonds. The fourth-order valence-corrected chi connectivity index (χ4v) is 1.33. The summed E-state index contributed by atoms with van der Waals surface area (Å²) in [5, 5.41) is 14.9. The minimum atomic E-state index is -0.719. The van der Waals surface area contributed by atoms with Gasteiger partial charge in [0, 0.05) is 6.54 Å². The summed E-state index contributed by atoms with van der Waals surface area (Å²) < 4.78 is 9.59. The lowest BCUT2D eigenvalue weighted by Gasteiger charge is -2.18. The summed E-state index contributed by atoms with van der Waals surface area (Å²) in [6, 6.07) is -1.26. The molecule has 0 aliphatic rings. The van der Waals surface area contributed by atoms with Crippen LogP contribution in [0.1, 0.15) is 13.8 Å². The summed E-state index contributed by atoms with van der Waals surface area (Å²) in [5.41, 5.74) is 0. The number of rotatable bonds is 10. The maximum absolute atomic E-state index is 11.7. The van der Waals surface area contributed by atoms with Crippen molar-refractivity contribution in [3.05, 3.63) is 12.7 Å². The van der Waals surface area contributed by atoms with E-state index in [1.807, 2.05) is 0 Å². The van der Waals surface area contributed by atoms with Gasteiger partial charge in [-0.1, -0.05) is 6.08 Å². The van der Waals surface area contributed by atoms with Crippen LogP contribution in [0.2, 0.25) is 0 Å². The molecule has 0 rings (SSSR count). The van der Waals surface area contributed by atoms with E-state index in [0.717, 1.165) is 0 Å². The fraction of sp³-hybridized carbons (Fsp3) is 0.692. The highest BCUT2D eigenvalue weighted by Crippen LogP contribution is 1.91. The lowest BCUT2D eigenvalue weighted by atomic mass is 10.2. The Bertz CT molecular complexity index is 322. The van der Waals surface area contributed by atoms with E-state index < -0.39 is 24.2 Å². The first-order valence-electron chi connectivity index (χ1n) is 6.40. The van der Waals surface area contributed by atoms with Crippen LogP contribution in [-0.4, -0.2) is 62.0 Å². The summed E-state index contributed by atoms with van der Waals surface area (Å²) in [5.74, 6) is -0.856. The first-order valence-corrected chi connectivity index (χ1v) is 6.40. The minimum absolute atomic E-state index is 0.159. The second kappa shape index (κ2) is 10.4. The predicted molar refractivity (Wildman–Crippen MR) is 74.1 cm³/mol. The summed E-state index contributed by atoms with van der Waals surface area (Å²) in [6.45, 7) is 7.39. The van der Waals surface area contributed by atoms with Crippen LogP contribution >= 0.6 is 0 Å². The highest BCUT2D eigenvalue weighted by molar-refractivity contribution is 5.86. The van der Waals surface area contributed by atoms with Crippen molar-refractivity contribution in [2.75, 3.05) is 26.9 Å². The highest BCUT2D eigenvalue weighted by atomic mass is 16.5. The number of amides is 1. The van der Waals surface area contributed by atoms with Crippen LogP contribution in [0.4, 0.5) is 0 Å². The molecule has 0 aliphatic carbocycles. The van der Waals surface area contributed by atoms with Gasteiger partial charge in [0.2, 0.25) is 5.91 Å². The zero-order chi connectivity index (χ0) is 15.5. The number of aliphatic hydroxyl groups is 1. The molecule has 0 aromatic rings. The third-order valence-corrected chi connectivity index (χ3v) is 2.51. The van der Waals surface area contributed by atoms with Crippen molar-refractivity contribution in [2.24, 2.45) is 0 Å². The van der Waals surface area contributed by atoms with Crippen LogP contribution in [0.25, 0.3) is 0 Å². The van der Waals surface area contributed by atoms with Gasteiger partial charge in [-0.2, -0.15) is 0 Å². The molecule has 0 saturated heterocycles. The molecule has 0 aromatic carbocycles. The number of carbonyl (C=O) groups excluding carboxylic acids is 2. The normalized spacial score (nSPS) is 15.0. The molecule has 7 nitrogen and oxygen atoms in total. The van der Waals surface area contributed by atoms with Crippen molar-refractivity contribution in [1.82, 2.24) is 10.6 Å². The number of esters is 1. The Hall–Kier alpha value is -1.44. The van der Waals surface area contributed by atoms with Gasteiger partial charge in [0.05, 0.1) is 32.5 Å². The number of ether oxygens (including phenoxy) is 2. The van der Waals surface area contributed by atoms with E-state index in [2.05, 4.69) is 21.9 Å². The van der Waals surface area contributed by atoms with Gasteiger partial charge in [-0.25, -0.2) is 4.79 Å². The molecule has 0 bridgehead atoms. The molecule has 7 heteroatoms. The van der Waals surface area contributed by atoms with Crippen molar-refractivity contribution in [3.8, 4) is 0 Å². The molecule has 0 saturated carbocycles. The zero-order valence-corrected chi connectivity index (χ0v) is 12.2. The zero-order valence-electron chi connectivity index (χ0n) is 12.2. The molecule has 0 radical (unpaired) electrons. The smallest absolute Gasteiger partial charge is 0.328 e. The first-order chi connectivity index (χ1) is 9.42. The van der Waals surface area contributed by atoms with Gasteiger partial charge >= 0.3 is 5.97 Å². The molecule has 3 atom stereocenters. The molecule has 20 heavy (non-hydrogen) atoms. The average molecular weight is 288 g/mol. The van der Waals surface area contributed by atoms with E-state index in [1.54, 1.807) is 13.0 Å². The van der Waals surface area contributed by atoms with Crippen LogP contribution in [0.5, 0.6) is 0 Å². The molecule has 1 unspecified atom stereocenters. The average Bonchev–Trinajstić information content (AvgIpc) is 2.43. The van der Waals surface area contributed by atoms with Gasteiger partial charge in [-0.3, -0.25) is 4.79 Å². The van der Waals surface area contributed by atoms with Crippen LogP contribution in [0.15, 0.2) is 12.7 Å². The molecule has 3 N–H and O–H groups in total. The van der Waals surface area contributed by atoms with Gasteiger partial charge in [0.15, 0.2) is 0 Å². The fourth-order valence-electron chi connectivity index (χ4n) is 1.33. The Morgan fingerprint density at radius 2 is 2.00 bits per heavy atom. The quantitative estimate of drug-likeness (QED) is 0.277. The molecule has 0 aromatic heterocycles. The number of hydrogen-bond acceptors (Lipinski definition) is 6. The topological polar surface area (TPSA) is 96.9 Å². The molecular formula is C13H24N2O5. The second-order valence-corrected chi connectivity index (χ2v) is 4.36. The largest absolute Gasteiger partial charge is 0.467 e. The summed E-state index contributed by atoms with van der Waals surface area (Å²) >= 11 is 0. The van der Waals surface area contributed by atoms with Crippen LogP contribution in [-0.2, 0) is 19.1 Å². The second-order valence-electron chi connectivity index (χ2n) is 4.36. The number of methoxy groups -OCH3 is 1.